The van der Waals surface area contributed by atoms with E-state index in [1.54, 1.807) is 37.5 Å². The minimum Gasteiger partial charge on any atom is -0.496 e. The van der Waals surface area contributed by atoms with Gasteiger partial charge in [-0.25, -0.2) is 0 Å². The van der Waals surface area contributed by atoms with Crippen LogP contribution in [0.1, 0.15) is 16.7 Å². The third-order valence-corrected chi connectivity index (χ3v) is 5.67. The highest BCUT2D eigenvalue weighted by molar-refractivity contribution is 8.18. The predicted octanol–water partition coefficient (Wildman–Crippen LogP) is 4.96. The van der Waals surface area contributed by atoms with Gasteiger partial charge in [-0.3, -0.25) is 14.5 Å². The van der Waals surface area contributed by atoms with Crippen LogP contribution in [0.3, 0.4) is 0 Å². The number of hydrogen-bond donors (Lipinski definition) is 0. The molecule has 29 heavy (non-hydrogen) atoms. The summed E-state index contributed by atoms with van der Waals surface area (Å²) in [6.45, 7) is 0.0679. The fourth-order valence-corrected chi connectivity index (χ4v) is 4.13. The van der Waals surface area contributed by atoms with Gasteiger partial charge in [0.1, 0.15) is 5.75 Å². The van der Waals surface area contributed by atoms with Crippen LogP contribution in [0, 0.1) is 11.3 Å². The summed E-state index contributed by atoms with van der Waals surface area (Å²) in [7, 11) is 1.58. The van der Waals surface area contributed by atoms with Crippen LogP contribution >= 0.6 is 11.8 Å². The maximum Gasteiger partial charge on any atom is 0.293 e. The van der Waals surface area contributed by atoms with Crippen molar-refractivity contribution in [2.75, 3.05) is 7.11 Å². The number of benzene rings is 3. The summed E-state index contributed by atoms with van der Waals surface area (Å²) in [5, 5.41) is 10.9. The van der Waals surface area contributed by atoms with Gasteiger partial charge in [-0.05, 0) is 46.3 Å². The maximum atomic E-state index is 13.0. The summed E-state index contributed by atoms with van der Waals surface area (Å²) in [6.07, 6.45) is 1.71. The molecule has 0 bridgehead atoms. The standard InChI is InChI=1S/C23H16N2O3S/c1-28-20-11-10-15-6-4-5-9-18(15)19(20)12-21-22(26)25(23(27)29-21)14-17-8-3-2-7-16(17)13-24/h2-12H,14H2,1H3/b21-12+. The smallest absolute Gasteiger partial charge is 0.293 e. The normalized spacial score (nSPS) is 15.2. The van der Waals surface area contributed by atoms with E-state index in [9.17, 15) is 14.9 Å². The molecule has 6 heteroatoms. The second-order valence-electron chi connectivity index (χ2n) is 6.44. The molecule has 0 unspecified atom stereocenters. The van der Waals surface area contributed by atoms with Crippen molar-refractivity contribution in [3.8, 4) is 11.8 Å². The summed E-state index contributed by atoms with van der Waals surface area (Å²) in [5.41, 5.74) is 1.85. The van der Waals surface area contributed by atoms with Gasteiger partial charge in [0.15, 0.2) is 0 Å². The summed E-state index contributed by atoms with van der Waals surface area (Å²) < 4.78 is 5.48. The summed E-state index contributed by atoms with van der Waals surface area (Å²) in [5.74, 6) is 0.257. The molecule has 0 aromatic heterocycles. The molecule has 142 valence electrons. The third-order valence-electron chi connectivity index (χ3n) is 4.77. The summed E-state index contributed by atoms with van der Waals surface area (Å²) >= 11 is 0.897. The van der Waals surface area contributed by atoms with Gasteiger partial charge in [-0.1, -0.05) is 48.5 Å². The molecule has 1 fully saturated rings. The van der Waals surface area contributed by atoms with Crippen LogP contribution in [-0.4, -0.2) is 23.2 Å². The number of carbonyl (C=O) groups is 2. The summed E-state index contributed by atoms with van der Waals surface area (Å²) in [6, 6.07) is 20.7. The molecule has 0 aliphatic carbocycles. The van der Waals surface area contributed by atoms with Crippen molar-refractivity contribution in [1.82, 2.24) is 4.90 Å². The SMILES string of the molecule is COc1ccc2ccccc2c1/C=C1/SC(=O)N(Cc2ccccc2C#N)C1=O. The quantitative estimate of drug-likeness (QED) is 0.579. The molecule has 0 spiro atoms. The Morgan fingerprint density at radius 1 is 1.07 bits per heavy atom. The lowest BCUT2D eigenvalue weighted by Crippen LogP contribution is -2.27. The largest absolute Gasteiger partial charge is 0.496 e. The van der Waals surface area contributed by atoms with Crippen molar-refractivity contribution < 1.29 is 14.3 Å². The molecule has 1 aliphatic rings. The number of nitrogens with zero attached hydrogens (tertiary/aromatic N) is 2. The lowest BCUT2D eigenvalue weighted by molar-refractivity contribution is -0.123. The Labute approximate surface area is 172 Å². The highest BCUT2D eigenvalue weighted by Crippen LogP contribution is 2.37. The second-order valence-corrected chi connectivity index (χ2v) is 7.43. The molecule has 4 rings (SSSR count). The van der Waals surface area contributed by atoms with E-state index in [4.69, 9.17) is 4.74 Å². The van der Waals surface area contributed by atoms with E-state index in [1.807, 2.05) is 36.4 Å². The molecule has 0 atom stereocenters. The van der Waals surface area contributed by atoms with Crippen molar-refractivity contribution in [1.29, 1.82) is 5.26 Å². The second kappa shape index (κ2) is 7.82. The average molecular weight is 400 g/mol. The Morgan fingerprint density at radius 2 is 1.83 bits per heavy atom. The Hall–Kier alpha value is -3.56. The first-order chi connectivity index (χ1) is 14.1. The number of rotatable bonds is 4. The Bertz CT molecular complexity index is 1210. The van der Waals surface area contributed by atoms with E-state index in [0.717, 1.165) is 28.1 Å². The number of fused-ring (bicyclic) bond motifs is 1. The van der Waals surface area contributed by atoms with Gasteiger partial charge in [0.2, 0.25) is 0 Å². The van der Waals surface area contributed by atoms with Crippen molar-refractivity contribution in [3.05, 3.63) is 82.3 Å². The highest BCUT2D eigenvalue weighted by Gasteiger charge is 2.35. The zero-order valence-electron chi connectivity index (χ0n) is 15.6. The van der Waals surface area contributed by atoms with Crippen molar-refractivity contribution >= 4 is 39.8 Å². The lowest BCUT2D eigenvalue weighted by Gasteiger charge is -2.13. The lowest BCUT2D eigenvalue weighted by atomic mass is 10.0. The molecule has 2 amide bonds. The Balaban J connectivity index is 1.72. The van der Waals surface area contributed by atoms with Crippen LogP contribution in [0.2, 0.25) is 0 Å². The van der Waals surface area contributed by atoms with E-state index in [-0.39, 0.29) is 17.7 Å². The van der Waals surface area contributed by atoms with Crippen LogP contribution in [0.25, 0.3) is 16.8 Å². The average Bonchev–Trinajstić information content (AvgIpc) is 3.01. The monoisotopic (exact) mass is 400 g/mol. The molecular formula is C23H16N2O3S. The number of nitriles is 1. The molecule has 3 aromatic rings. The zero-order chi connectivity index (χ0) is 20.4. The van der Waals surface area contributed by atoms with Crippen molar-refractivity contribution in [2.24, 2.45) is 0 Å². The molecule has 1 saturated heterocycles. The molecule has 1 aliphatic heterocycles. The van der Waals surface area contributed by atoms with Gasteiger partial charge in [0, 0.05) is 5.56 Å². The fourth-order valence-electron chi connectivity index (χ4n) is 3.31. The van der Waals surface area contributed by atoms with Crippen LogP contribution in [0.4, 0.5) is 4.79 Å². The third kappa shape index (κ3) is 3.48. The van der Waals surface area contributed by atoms with E-state index in [1.165, 1.54) is 4.90 Å². The van der Waals surface area contributed by atoms with Crippen LogP contribution in [0.5, 0.6) is 5.75 Å². The van der Waals surface area contributed by atoms with E-state index in [0.29, 0.717) is 21.8 Å². The van der Waals surface area contributed by atoms with Gasteiger partial charge in [0.05, 0.1) is 30.2 Å². The first-order valence-corrected chi connectivity index (χ1v) is 9.73. The van der Waals surface area contributed by atoms with Crippen LogP contribution in [0.15, 0.2) is 65.6 Å². The van der Waals surface area contributed by atoms with Gasteiger partial charge in [-0.2, -0.15) is 5.26 Å². The van der Waals surface area contributed by atoms with E-state index >= 15 is 0 Å². The molecule has 1 heterocycles. The number of thioether (sulfide) groups is 1. The molecule has 0 saturated carbocycles. The van der Waals surface area contributed by atoms with E-state index in [2.05, 4.69) is 6.07 Å². The van der Waals surface area contributed by atoms with Crippen LogP contribution in [-0.2, 0) is 11.3 Å². The molecule has 5 nitrogen and oxygen atoms in total. The first-order valence-electron chi connectivity index (χ1n) is 8.91. The Morgan fingerprint density at radius 3 is 2.62 bits per heavy atom. The number of carbonyl (C=O) groups excluding carboxylic acids is 2. The fraction of sp³-hybridized carbons (Fsp3) is 0.0870. The number of imide groups is 1. The minimum atomic E-state index is -0.372. The first kappa shape index (κ1) is 18.8. The Kier molecular flexibility index (Phi) is 5.07. The van der Waals surface area contributed by atoms with Crippen molar-refractivity contribution in [2.45, 2.75) is 6.54 Å². The molecule has 3 aromatic carbocycles. The summed E-state index contributed by atoms with van der Waals surface area (Å²) in [4.78, 5) is 27.0. The predicted molar refractivity (Wildman–Crippen MR) is 113 cm³/mol. The van der Waals surface area contributed by atoms with E-state index < -0.39 is 0 Å². The van der Waals surface area contributed by atoms with Gasteiger partial charge in [-0.15, -0.1) is 0 Å². The van der Waals surface area contributed by atoms with Gasteiger partial charge in [0.25, 0.3) is 11.1 Å². The zero-order valence-corrected chi connectivity index (χ0v) is 16.4. The molecule has 0 radical (unpaired) electrons. The van der Waals surface area contributed by atoms with Gasteiger partial charge >= 0.3 is 0 Å². The van der Waals surface area contributed by atoms with Gasteiger partial charge < -0.3 is 4.74 Å². The number of ether oxygens (including phenoxy) is 1. The highest BCUT2D eigenvalue weighted by atomic mass is 32.2. The van der Waals surface area contributed by atoms with Crippen LogP contribution < -0.4 is 4.74 Å². The number of methoxy groups -OCH3 is 1. The minimum absolute atomic E-state index is 0.0679. The topological polar surface area (TPSA) is 70.4 Å². The van der Waals surface area contributed by atoms with Crippen molar-refractivity contribution in [3.63, 3.8) is 0 Å². The molecular weight excluding hydrogens is 384 g/mol. The number of amides is 2. The molecule has 0 N–H and O–H groups in total. The maximum absolute atomic E-state index is 13.0. The number of hydrogen-bond acceptors (Lipinski definition) is 5.